The van der Waals surface area contributed by atoms with Gasteiger partial charge in [0.15, 0.2) is 0 Å². The number of aryl methyl sites for hydroxylation is 1. The number of nitrogens with one attached hydrogen (secondary N) is 1. The first-order valence-corrected chi connectivity index (χ1v) is 5.17. The summed E-state index contributed by atoms with van der Waals surface area (Å²) >= 11 is 0. The van der Waals surface area contributed by atoms with Crippen molar-refractivity contribution in [2.45, 2.75) is 26.3 Å². The molecule has 0 aliphatic rings. The van der Waals surface area contributed by atoms with Crippen LogP contribution in [0.1, 0.15) is 18.1 Å². The summed E-state index contributed by atoms with van der Waals surface area (Å²) in [6, 6.07) is 9.07. The van der Waals surface area contributed by atoms with Crippen molar-refractivity contribution >= 4 is 0 Å². The molecule has 0 aromatic heterocycles. The van der Waals surface area contributed by atoms with Gasteiger partial charge in [0, 0.05) is 6.04 Å². The smallest absolute Gasteiger partial charge is 0.0287 e. The Labute approximate surface area is 86.8 Å². The van der Waals surface area contributed by atoms with Crippen LogP contribution in [-0.2, 0) is 6.42 Å². The summed E-state index contributed by atoms with van der Waals surface area (Å²) in [5.74, 6) is 0. The van der Waals surface area contributed by atoms with Gasteiger partial charge in [-0.25, -0.2) is 0 Å². The Morgan fingerprint density at radius 2 is 2.00 bits per heavy atom. The Hall–Kier alpha value is -1.08. The van der Waals surface area contributed by atoms with Crippen LogP contribution in [-0.4, -0.2) is 12.6 Å². The van der Waals surface area contributed by atoms with Gasteiger partial charge < -0.3 is 5.32 Å². The Morgan fingerprint density at radius 3 is 2.50 bits per heavy atom. The first-order valence-electron chi connectivity index (χ1n) is 5.17. The normalized spacial score (nSPS) is 12.4. The lowest BCUT2D eigenvalue weighted by Crippen LogP contribution is -2.28. The van der Waals surface area contributed by atoms with Crippen molar-refractivity contribution in [3.05, 3.63) is 48.0 Å². The molecule has 14 heavy (non-hydrogen) atoms. The number of likely N-dealkylation sites (N-methyl/N-ethyl adjacent to an activating group) is 1. The zero-order valence-electron chi connectivity index (χ0n) is 9.09. The van der Waals surface area contributed by atoms with E-state index in [4.69, 9.17) is 0 Å². The van der Waals surface area contributed by atoms with E-state index in [0.29, 0.717) is 6.04 Å². The predicted octanol–water partition coefficient (Wildman–Crippen LogP) is 2.70. The average Bonchev–Trinajstić information content (AvgIpc) is 2.20. The first kappa shape index (κ1) is 11.0. The summed E-state index contributed by atoms with van der Waals surface area (Å²) in [6.07, 6.45) is 3.00. The van der Waals surface area contributed by atoms with Crippen LogP contribution in [0.2, 0.25) is 0 Å². The summed E-state index contributed by atoms with van der Waals surface area (Å²) < 4.78 is 0. The fraction of sp³-hybridized carbons (Fsp3) is 0.385. The summed E-state index contributed by atoms with van der Waals surface area (Å²) in [7, 11) is 0. The molecule has 0 aliphatic heterocycles. The molecule has 0 amide bonds. The van der Waals surface area contributed by atoms with Crippen molar-refractivity contribution in [3.8, 4) is 0 Å². The third-order valence-corrected chi connectivity index (χ3v) is 2.33. The van der Waals surface area contributed by atoms with Gasteiger partial charge in [-0.3, -0.25) is 0 Å². The van der Waals surface area contributed by atoms with Gasteiger partial charge in [-0.2, -0.15) is 0 Å². The van der Waals surface area contributed by atoms with Crippen LogP contribution in [0.5, 0.6) is 0 Å². The third kappa shape index (κ3) is 3.35. The van der Waals surface area contributed by atoms with Crippen molar-refractivity contribution in [2.75, 3.05) is 6.54 Å². The van der Waals surface area contributed by atoms with Crippen LogP contribution >= 0.6 is 0 Å². The molecule has 0 bridgehead atoms. The van der Waals surface area contributed by atoms with E-state index in [0.717, 1.165) is 13.0 Å². The molecule has 1 rings (SSSR count). The molecule has 0 radical (unpaired) electrons. The second kappa shape index (κ2) is 5.61. The zero-order chi connectivity index (χ0) is 10.4. The van der Waals surface area contributed by atoms with Gasteiger partial charge in [-0.1, -0.05) is 42.8 Å². The number of hydrogen-bond acceptors (Lipinski definition) is 1. The van der Waals surface area contributed by atoms with E-state index >= 15 is 0 Å². The fourth-order valence-corrected chi connectivity index (χ4v) is 1.48. The molecule has 1 N–H and O–H groups in total. The van der Waals surface area contributed by atoms with Crippen molar-refractivity contribution in [2.24, 2.45) is 0 Å². The highest BCUT2D eigenvalue weighted by atomic mass is 14.9. The van der Waals surface area contributed by atoms with Gasteiger partial charge in [-0.05, 0) is 25.5 Å². The van der Waals surface area contributed by atoms with Crippen LogP contribution < -0.4 is 5.32 Å². The second-order valence-electron chi connectivity index (χ2n) is 3.59. The van der Waals surface area contributed by atoms with Crippen LogP contribution in [0.4, 0.5) is 0 Å². The van der Waals surface area contributed by atoms with Crippen LogP contribution in [0.25, 0.3) is 0 Å². The van der Waals surface area contributed by atoms with Crippen molar-refractivity contribution < 1.29 is 0 Å². The highest BCUT2D eigenvalue weighted by Gasteiger charge is 2.02. The third-order valence-electron chi connectivity index (χ3n) is 2.33. The quantitative estimate of drug-likeness (QED) is 0.702. The monoisotopic (exact) mass is 189 g/mol. The summed E-state index contributed by atoms with van der Waals surface area (Å²) in [4.78, 5) is 0. The molecule has 1 aromatic rings. The van der Waals surface area contributed by atoms with Gasteiger partial charge >= 0.3 is 0 Å². The molecular formula is C13H19N. The minimum atomic E-state index is 0.391. The molecule has 0 saturated heterocycles. The number of rotatable bonds is 5. The van der Waals surface area contributed by atoms with Crippen LogP contribution in [0.3, 0.4) is 0 Å². The molecule has 1 unspecified atom stereocenters. The highest BCUT2D eigenvalue weighted by Crippen LogP contribution is 2.06. The second-order valence-corrected chi connectivity index (χ2v) is 3.59. The number of benzene rings is 1. The van der Waals surface area contributed by atoms with E-state index in [-0.39, 0.29) is 0 Å². The lowest BCUT2D eigenvalue weighted by Gasteiger charge is -2.13. The zero-order valence-corrected chi connectivity index (χ0v) is 9.09. The molecule has 1 nitrogen and oxygen atoms in total. The maximum atomic E-state index is 3.83. The molecule has 1 heteroatoms. The molecule has 0 heterocycles. The fourth-order valence-electron chi connectivity index (χ4n) is 1.48. The summed E-state index contributed by atoms with van der Waals surface area (Å²) in [6.45, 7) is 9.05. The Kier molecular flexibility index (Phi) is 4.41. The van der Waals surface area contributed by atoms with Crippen LogP contribution in [0.15, 0.2) is 36.9 Å². The van der Waals surface area contributed by atoms with E-state index in [9.17, 15) is 0 Å². The molecule has 0 fully saturated rings. The standard InChI is InChI=1S/C13H19N/c1-4-13(14-5-2)10-12-8-6-11(3)7-9-12/h4,6-9,13-14H,1,5,10H2,2-3H3. The highest BCUT2D eigenvalue weighted by molar-refractivity contribution is 5.22. The topological polar surface area (TPSA) is 12.0 Å². The van der Waals surface area contributed by atoms with Crippen LogP contribution in [0, 0.1) is 6.92 Å². The van der Waals surface area contributed by atoms with E-state index in [1.807, 2.05) is 6.08 Å². The molecular weight excluding hydrogens is 170 g/mol. The lowest BCUT2D eigenvalue weighted by atomic mass is 10.0. The van der Waals surface area contributed by atoms with Crippen molar-refractivity contribution in [1.82, 2.24) is 5.32 Å². The van der Waals surface area contributed by atoms with Crippen molar-refractivity contribution in [1.29, 1.82) is 0 Å². The van der Waals surface area contributed by atoms with E-state index in [1.165, 1.54) is 11.1 Å². The van der Waals surface area contributed by atoms with E-state index in [2.05, 4.69) is 50.0 Å². The van der Waals surface area contributed by atoms with Gasteiger partial charge in [-0.15, -0.1) is 6.58 Å². The maximum absolute atomic E-state index is 3.83. The first-order chi connectivity index (χ1) is 6.76. The van der Waals surface area contributed by atoms with Gasteiger partial charge in [0.25, 0.3) is 0 Å². The SMILES string of the molecule is C=CC(Cc1ccc(C)cc1)NCC. The van der Waals surface area contributed by atoms with Crippen molar-refractivity contribution in [3.63, 3.8) is 0 Å². The summed E-state index contributed by atoms with van der Waals surface area (Å²) in [5.41, 5.74) is 2.67. The summed E-state index contributed by atoms with van der Waals surface area (Å²) in [5, 5.41) is 3.38. The molecule has 76 valence electrons. The van der Waals surface area contributed by atoms with Gasteiger partial charge in [0.05, 0.1) is 0 Å². The number of hydrogen-bond donors (Lipinski definition) is 1. The van der Waals surface area contributed by atoms with E-state index in [1.54, 1.807) is 0 Å². The molecule has 1 atom stereocenters. The Bertz CT molecular complexity index is 274. The largest absolute Gasteiger partial charge is 0.310 e. The average molecular weight is 189 g/mol. The molecule has 0 saturated carbocycles. The van der Waals surface area contributed by atoms with E-state index < -0.39 is 0 Å². The Morgan fingerprint density at radius 1 is 1.36 bits per heavy atom. The molecule has 1 aromatic carbocycles. The van der Waals surface area contributed by atoms with Gasteiger partial charge in [0.1, 0.15) is 0 Å². The molecule has 0 spiro atoms. The predicted molar refractivity (Wildman–Crippen MR) is 62.5 cm³/mol. The molecule has 0 aliphatic carbocycles. The minimum absolute atomic E-state index is 0.391. The lowest BCUT2D eigenvalue weighted by molar-refractivity contribution is 0.613. The van der Waals surface area contributed by atoms with Gasteiger partial charge in [0.2, 0.25) is 0 Å². The minimum Gasteiger partial charge on any atom is -0.310 e. The maximum Gasteiger partial charge on any atom is 0.0287 e. The Balaban J connectivity index is 2.57.